The summed E-state index contributed by atoms with van der Waals surface area (Å²) in [6.07, 6.45) is 6.95. The predicted molar refractivity (Wildman–Crippen MR) is 87.0 cm³/mol. The molecule has 0 heterocycles. The summed E-state index contributed by atoms with van der Waals surface area (Å²) >= 11 is 5.88. The van der Waals surface area contributed by atoms with Gasteiger partial charge in [-0.05, 0) is 29.9 Å². The van der Waals surface area contributed by atoms with Crippen LogP contribution in [-0.4, -0.2) is 31.0 Å². The molecule has 0 aromatic heterocycles. The quantitative estimate of drug-likeness (QED) is 0.452. The minimum Gasteiger partial charge on any atom is -0.493 e. The highest BCUT2D eigenvalue weighted by Crippen LogP contribution is 2.30. The number of benzene rings is 1. The van der Waals surface area contributed by atoms with Crippen LogP contribution in [0.2, 0.25) is 5.02 Å². The van der Waals surface area contributed by atoms with Crippen LogP contribution in [0.3, 0.4) is 0 Å². The Kier molecular flexibility index (Phi) is 7.50. The molecule has 0 aliphatic carbocycles. The van der Waals surface area contributed by atoms with Crippen molar-refractivity contribution in [3.8, 4) is 11.5 Å². The number of allylic oxidation sites excluding steroid dienone is 1. The van der Waals surface area contributed by atoms with Gasteiger partial charge in [-0.15, -0.1) is 0 Å². The van der Waals surface area contributed by atoms with Crippen molar-refractivity contribution in [2.45, 2.75) is 0 Å². The molecule has 5 nitrogen and oxygen atoms in total. The highest BCUT2D eigenvalue weighted by atomic mass is 35.5. The van der Waals surface area contributed by atoms with E-state index in [1.54, 1.807) is 24.3 Å². The molecular formula is C16H16ClNO4. The number of halogens is 1. The number of carbonyl (C=O) groups is 1. The summed E-state index contributed by atoms with van der Waals surface area (Å²) in [4.78, 5) is 14.4. The maximum atomic E-state index is 10.6. The van der Waals surface area contributed by atoms with Crippen LogP contribution in [0.4, 0.5) is 0 Å². The summed E-state index contributed by atoms with van der Waals surface area (Å²) in [6.45, 7) is 3.60. The maximum Gasteiger partial charge on any atom is 0.328 e. The third kappa shape index (κ3) is 6.28. The summed E-state index contributed by atoms with van der Waals surface area (Å²) in [5, 5.41) is 9.22. The average Bonchev–Trinajstić information content (AvgIpc) is 2.50. The molecule has 0 amide bonds. The molecular weight excluding hydrogens is 306 g/mol. The Labute approximate surface area is 133 Å². The zero-order valence-electron chi connectivity index (χ0n) is 12.0. The van der Waals surface area contributed by atoms with Crippen LogP contribution in [0, 0.1) is 0 Å². The summed E-state index contributed by atoms with van der Waals surface area (Å²) in [5.74, 6) is -0.0494. The normalized spacial score (nSPS) is 11.8. The predicted octanol–water partition coefficient (Wildman–Crippen LogP) is 3.51. The van der Waals surface area contributed by atoms with Gasteiger partial charge in [-0.1, -0.05) is 18.2 Å². The SMILES string of the molecule is C=CN=C/C=C(\C=C\C(=O)O)COc1ccc(Cl)cc1OC. The first-order valence-electron chi connectivity index (χ1n) is 6.27. The average molecular weight is 322 g/mol. The van der Waals surface area contributed by atoms with Crippen LogP contribution in [0.5, 0.6) is 11.5 Å². The maximum absolute atomic E-state index is 10.6. The Bertz CT molecular complexity index is 621. The molecule has 1 aromatic carbocycles. The Morgan fingerprint density at radius 1 is 1.41 bits per heavy atom. The van der Waals surface area contributed by atoms with E-state index in [9.17, 15) is 4.79 Å². The summed E-state index contributed by atoms with van der Waals surface area (Å²) in [6, 6.07) is 4.99. The molecule has 0 aliphatic rings. The fraction of sp³-hybridized carbons (Fsp3) is 0.125. The number of nitrogens with zero attached hydrogens (tertiary/aromatic N) is 1. The number of hydrogen-bond acceptors (Lipinski definition) is 4. The molecule has 1 aromatic rings. The first-order chi connectivity index (χ1) is 10.6. The smallest absolute Gasteiger partial charge is 0.328 e. The molecule has 0 saturated heterocycles. The molecule has 0 saturated carbocycles. The largest absolute Gasteiger partial charge is 0.493 e. The Hall–Kier alpha value is -2.53. The fourth-order valence-corrected chi connectivity index (χ4v) is 1.61. The number of ether oxygens (including phenoxy) is 2. The molecule has 0 fully saturated rings. The van der Waals surface area contributed by atoms with E-state index < -0.39 is 5.97 Å². The number of carboxylic acids is 1. The van der Waals surface area contributed by atoms with Crippen LogP contribution in [-0.2, 0) is 4.79 Å². The van der Waals surface area contributed by atoms with Crippen molar-refractivity contribution in [2.75, 3.05) is 13.7 Å². The molecule has 0 aliphatic heterocycles. The minimum atomic E-state index is -1.05. The van der Waals surface area contributed by atoms with Gasteiger partial charge < -0.3 is 14.6 Å². The zero-order chi connectivity index (χ0) is 16.4. The first-order valence-corrected chi connectivity index (χ1v) is 6.65. The van der Waals surface area contributed by atoms with E-state index in [0.717, 1.165) is 6.08 Å². The zero-order valence-corrected chi connectivity index (χ0v) is 12.8. The van der Waals surface area contributed by atoms with Gasteiger partial charge in [-0.25, -0.2) is 4.79 Å². The van der Waals surface area contributed by atoms with E-state index >= 15 is 0 Å². The topological polar surface area (TPSA) is 68.1 Å². The van der Waals surface area contributed by atoms with Crippen molar-refractivity contribution in [3.05, 3.63) is 59.8 Å². The van der Waals surface area contributed by atoms with Crippen molar-refractivity contribution in [2.24, 2.45) is 4.99 Å². The third-order valence-electron chi connectivity index (χ3n) is 2.44. The van der Waals surface area contributed by atoms with Crippen molar-refractivity contribution in [1.29, 1.82) is 0 Å². The van der Waals surface area contributed by atoms with E-state index in [1.165, 1.54) is 25.6 Å². The molecule has 1 rings (SSSR count). The van der Waals surface area contributed by atoms with Gasteiger partial charge >= 0.3 is 5.97 Å². The van der Waals surface area contributed by atoms with Gasteiger partial charge in [0.05, 0.1) is 7.11 Å². The number of rotatable bonds is 8. The van der Waals surface area contributed by atoms with Crippen LogP contribution >= 0.6 is 11.6 Å². The number of hydrogen-bond donors (Lipinski definition) is 1. The Balaban J connectivity index is 2.86. The second-order valence-electron chi connectivity index (χ2n) is 3.98. The van der Waals surface area contributed by atoms with Crippen LogP contribution < -0.4 is 9.47 Å². The lowest BCUT2D eigenvalue weighted by atomic mass is 10.2. The third-order valence-corrected chi connectivity index (χ3v) is 2.68. The lowest BCUT2D eigenvalue weighted by Crippen LogP contribution is -2.02. The van der Waals surface area contributed by atoms with Crippen molar-refractivity contribution < 1.29 is 19.4 Å². The van der Waals surface area contributed by atoms with Gasteiger partial charge in [0.2, 0.25) is 0 Å². The Morgan fingerprint density at radius 2 is 2.18 bits per heavy atom. The standard InChI is InChI=1S/C16H16ClNO4/c1-3-18-9-8-12(4-7-16(19)20)11-22-14-6-5-13(17)10-15(14)21-2/h3-10H,1,11H2,2H3,(H,19,20)/b7-4+,12-8+,18-9?. The number of carboxylic acid groups (broad SMARTS) is 1. The molecule has 6 heteroatoms. The lowest BCUT2D eigenvalue weighted by Gasteiger charge is -2.11. The first kappa shape index (κ1) is 17.5. The molecule has 0 atom stereocenters. The molecule has 22 heavy (non-hydrogen) atoms. The summed E-state index contributed by atoms with van der Waals surface area (Å²) < 4.78 is 10.8. The van der Waals surface area contributed by atoms with Gasteiger partial charge in [0.15, 0.2) is 11.5 Å². The second kappa shape index (κ2) is 9.41. The number of aliphatic carboxylic acids is 1. The highest BCUT2D eigenvalue weighted by molar-refractivity contribution is 6.30. The van der Waals surface area contributed by atoms with Crippen molar-refractivity contribution in [1.82, 2.24) is 0 Å². The molecule has 1 N–H and O–H groups in total. The molecule has 116 valence electrons. The van der Waals surface area contributed by atoms with Gasteiger partial charge in [-0.3, -0.25) is 4.99 Å². The molecule has 0 unspecified atom stereocenters. The monoisotopic (exact) mass is 321 g/mol. The minimum absolute atomic E-state index is 0.144. The number of methoxy groups -OCH3 is 1. The summed E-state index contributed by atoms with van der Waals surface area (Å²) in [5.41, 5.74) is 0.616. The van der Waals surface area contributed by atoms with Crippen LogP contribution in [0.15, 0.2) is 59.8 Å². The van der Waals surface area contributed by atoms with E-state index in [2.05, 4.69) is 11.6 Å². The highest BCUT2D eigenvalue weighted by Gasteiger charge is 2.05. The molecule has 0 bridgehead atoms. The van der Waals surface area contributed by atoms with Gasteiger partial charge in [-0.2, -0.15) is 0 Å². The van der Waals surface area contributed by atoms with Crippen molar-refractivity contribution >= 4 is 23.8 Å². The van der Waals surface area contributed by atoms with Crippen LogP contribution in [0.1, 0.15) is 0 Å². The van der Waals surface area contributed by atoms with E-state index in [4.69, 9.17) is 26.2 Å². The van der Waals surface area contributed by atoms with Gasteiger partial charge in [0.1, 0.15) is 6.61 Å². The van der Waals surface area contributed by atoms with Crippen molar-refractivity contribution in [3.63, 3.8) is 0 Å². The molecule has 0 radical (unpaired) electrons. The van der Waals surface area contributed by atoms with Crippen LogP contribution in [0.25, 0.3) is 0 Å². The van der Waals surface area contributed by atoms with E-state index in [0.29, 0.717) is 22.1 Å². The second-order valence-corrected chi connectivity index (χ2v) is 4.41. The van der Waals surface area contributed by atoms with E-state index in [1.807, 2.05) is 0 Å². The summed E-state index contributed by atoms with van der Waals surface area (Å²) in [7, 11) is 1.51. The Morgan fingerprint density at radius 3 is 2.82 bits per heavy atom. The molecule has 0 spiro atoms. The van der Waals surface area contributed by atoms with Gasteiger partial charge in [0, 0.05) is 29.6 Å². The lowest BCUT2D eigenvalue weighted by molar-refractivity contribution is -0.131. The van der Waals surface area contributed by atoms with E-state index in [-0.39, 0.29) is 6.61 Å². The fourth-order valence-electron chi connectivity index (χ4n) is 1.45. The number of aliphatic imine (C=N–C) groups is 1. The van der Waals surface area contributed by atoms with Gasteiger partial charge in [0.25, 0.3) is 0 Å².